The Morgan fingerprint density at radius 2 is 1.95 bits per heavy atom. The van der Waals surface area contributed by atoms with Gasteiger partial charge in [-0.2, -0.15) is 0 Å². The smallest absolute Gasteiger partial charge is 0.168 e. The van der Waals surface area contributed by atoms with Gasteiger partial charge in [0.15, 0.2) is 5.79 Å². The molecule has 1 spiro atoms. The minimum atomic E-state index is -0.256. The van der Waals surface area contributed by atoms with E-state index in [1.807, 2.05) is 6.07 Å². The van der Waals surface area contributed by atoms with Gasteiger partial charge in [0.25, 0.3) is 0 Å². The topological polar surface area (TPSA) is 30.9 Å². The molecule has 4 rings (SSSR count). The number of hydrogen-bond acceptors (Lipinski definition) is 4. The Balaban J connectivity index is 1.40. The quantitative estimate of drug-likeness (QED) is 0.856. The Bertz CT molecular complexity index is 472. The van der Waals surface area contributed by atoms with Crippen molar-refractivity contribution in [3.8, 4) is 0 Å². The van der Waals surface area contributed by atoms with E-state index >= 15 is 0 Å². The van der Waals surface area contributed by atoms with Gasteiger partial charge in [0.05, 0.1) is 19.3 Å². The van der Waals surface area contributed by atoms with Gasteiger partial charge in [0.2, 0.25) is 0 Å². The molecule has 2 heterocycles. The van der Waals surface area contributed by atoms with E-state index in [0.29, 0.717) is 0 Å². The van der Waals surface area contributed by atoms with Gasteiger partial charge in [-0.05, 0) is 18.4 Å². The van der Waals surface area contributed by atoms with Gasteiger partial charge in [0.1, 0.15) is 6.23 Å². The highest BCUT2D eigenvalue weighted by Gasteiger charge is 2.44. The molecular weight excluding hydrogens is 266 g/mol. The third-order valence-electron chi connectivity index (χ3n) is 4.79. The van der Waals surface area contributed by atoms with E-state index in [-0.39, 0.29) is 18.1 Å². The molecule has 114 valence electrons. The minimum Gasteiger partial charge on any atom is -0.358 e. The van der Waals surface area contributed by atoms with E-state index in [4.69, 9.17) is 14.2 Å². The Morgan fingerprint density at radius 1 is 1.14 bits per heavy atom. The number of ether oxygens (including phenoxy) is 3. The Kier molecular flexibility index (Phi) is 3.71. The van der Waals surface area contributed by atoms with Gasteiger partial charge < -0.3 is 14.2 Å². The first-order valence-electron chi connectivity index (χ1n) is 8.07. The van der Waals surface area contributed by atoms with E-state index in [1.54, 1.807) is 0 Å². The van der Waals surface area contributed by atoms with E-state index in [0.717, 1.165) is 39.1 Å². The first kappa shape index (κ1) is 13.7. The third kappa shape index (κ3) is 2.73. The molecule has 0 radical (unpaired) electrons. The standard InChI is InChI=1S/C17H23NO3/c1-2-6-14(7-3-1)16-18(10-11-19-16)12-15-13-20-17(21-15)8-4-5-9-17/h1-3,6-7,15-16H,4-5,8-13H2. The summed E-state index contributed by atoms with van der Waals surface area (Å²) in [6.07, 6.45) is 4.81. The molecule has 1 aromatic carbocycles. The third-order valence-corrected chi connectivity index (χ3v) is 4.79. The van der Waals surface area contributed by atoms with Crippen molar-refractivity contribution in [1.82, 2.24) is 4.90 Å². The average Bonchev–Trinajstić information content (AvgIpc) is 3.24. The van der Waals surface area contributed by atoms with Crippen LogP contribution in [0.4, 0.5) is 0 Å². The Hall–Kier alpha value is -0.940. The van der Waals surface area contributed by atoms with Crippen molar-refractivity contribution >= 4 is 0 Å². The first-order valence-corrected chi connectivity index (χ1v) is 8.07. The van der Waals surface area contributed by atoms with Crippen molar-refractivity contribution in [1.29, 1.82) is 0 Å². The lowest BCUT2D eigenvalue weighted by Crippen LogP contribution is -2.35. The van der Waals surface area contributed by atoms with Crippen LogP contribution in [0.25, 0.3) is 0 Å². The molecule has 0 aromatic heterocycles. The average molecular weight is 289 g/mol. The number of benzene rings is 1. The van der Waals surface area contributed by atoms with Crippen LogP contribution >= 0.6 is 0 Å². The maximum atomic E-state index is 6.24. The SMILES string of the molecule is c1ccc(C2OCCN2CC2COC3(CCCC3)O2)cc1. The van der Waals surface area contributed by atoms with Gasteiger partial charge in [-0.1, -0.05) is 30.3 Å². The van der Waals surface area contributed by atoms with Crippen LogP contribution in [0.2, 0.25) is 0 Å². The lowest BCUT2D eigenvalue weighted by molar-refractivity contribution is -0.164. The molecule has 4 nitrogen and oxygen atoms in total. The second-order valence-electron chi connectivity index (χ2n) is 6.30. The highest BCUT2D eigenvalue weighted by atomic mass is 16.7. The van der Waals surface area contributed by atoms with Crippen molar-refractivity contribution in [2.75, 3.05) is 26.3 Å². The lowest BCUT2D eigenvalue weighted by Gasteiger charge is -2.27. The zero-order valence-corrected chi connectivity index (χ0v) is 12.4. The number of rotatable bonds is 3. The Morgan fingerprint density at radius 3 is 2.76 bits per heavy atom. The molecule has 3 aliphatic rings. The van der Waals surface area contributed by atoms with Crippen LogP contribution in [0.1, 0.15) is 37.5 Å². The van der Waals surface area contributed by atoms with Crippen molar-refractivity contribution in [2.24, 2.45) is 0 Å². The van der Waals surface area contributed by atoms with Crippen LogP contribution in [0.5, 0.6) is 0 Å². The first-order chi connectivity index (χ1) is 10.3. The van der Waals surface area contributed by atoms with Crippen LogP contribution in [-0.2, 0) is 14.2 Å². The van der Waals surface area contributed by atoms with Crippen LogP contribution in [-0.4, -0.2) is 43.1 Å². The Labute approximate surface area is 126 Å². The second kappa shape index (κ2) is 5.69. The van der Waals surface area contributed by atoms with E-state index < -0.39 is 0 Å². The molecule has 2 unspecified atom stereocenters. The molecule has 1 aliphatic carbocycles. The van der Waals surface area contributed by atoms with Gasteiger partial charge in [0, 0.05) is 25.9 Å². The zero-order chi connectivity index (χ0) is 14.1. The monoisotopic (exact) mass is 289 g/mol. The van der Waals surface area contributed by atoms with E-state index in [1.165, 1.54) is 18.4 Å². The number of hydrogen-bond donors (Lipinski definition) is 0. The summed E-state index contributed by atoms with van der Waals surface area (Å²) in [6.45, 7) is 3.37. The molecule has 2 atom stereocenters. The molecule has 1 saturated carbocycles. The van der Waals surface area contributed by atoms with Crippen molar-refractivity contribution in [3.63, 3.8) is 0 Å². The molecule has 4 heteroatoms. The molecule has 0 bridgehead atoms. The maximum Gasteiger partial charge on any atom is 0.168 e. The minimum absolute atomic E-state index is 0.0647. The molecule has 2 saturated heterocycles. The summed E-state index contributed by atoms with van der Waals surface area (Å²) in [5, 5.41) is 0. The van der Waals surface area contributed by atoms with Crippen LogP contribution < -0.4 is 0 Å². The summed E-state index contributed by atoms with van der Waals surface area (Å²) in [5.74, 6) is -0.256. The largest absolute Gasteiger partial charge is 0.358 e. The summed E-state index contributed by atoms with van der Waals surface area (Å²) in [5.41, 5.74) is 1.23. The summed E-state index contributed by atoms with van der Waals surface area (Å²) in [4.78, 5) is 2.37. The fraction of sp³-hybridized carbons (Fsp3) is 0.647. The van der Waals surface area contributed by atoms with Crippen LogP contribution in [0.15, 0.2) is 30.3 Å². The summed E-state index contributed by atoms with van der Waals surface area (Å²) < 4.78 is 18.1. The molecule has 3 fully saturated rings. The molecular formula is C17H23NO3. The molecule has 0 N–H and O–H groups in total. The van der Waals surface area contributed by atoms with Gasteiger partial charge >= 0.3 is 0 Å². The van der Waals surface area contributed by atoms with Crippen molar-refractivity contribution < 1.29 is 14.2 Å². The summed E-state index contributed by atoms with van der Waals surface area (Å²) in [6, 6.07) is 10.4. The number of nitrogens with zero attached hydrogens (tertiary/aromatic N) is 1. The second-order valence-corrected chi connectivity index (χ2v) is 6.30. The molecule has 21 heavy (non-hydrogen) atoms. The zero-order valence-electron chi connectivity index (χ0n) is 12.4. The molecule has 0 amide bonds. The van der Waals surface area contributed by atoms with Crippen LogP contribution in [0.3, 0.4) is 0 Å². The summed E-state index contributed by atoms with van der Waals surface area (Å²) >= 11 is 0. The normalized spacial score (nSPS) is 32.2. The maximum absolute atomic E-state index is 6.24. The van der Waals surface area contributed by atoms with Crippen molar-refractivity contribution in [3.05, 3.63) is 35.9 Å². The van der Waals surface area contributed by atoms with E-state index in [2.05, 4.69) is 29.2 Å². The van der Waals surface area contributed by atoms with Crippen LogP contribution in [0, 0.1) is 0 Å². The summed E-state index contributed by atoms with van der Waals surface area (Å²) in [7, 11) is 0. The highest BCUT2D eigenvalue weighted by Crippen LogP contribution is 2.40. The predicted molar refractivity (Wildman–Crippen MR) is 78.7 cm³/mol. The fourth-order valence-corrected chi connectivity index (χ4v) is 3.76. The molecule has 2 aliphatic heterocycles. The highest BCUT2D eigenvalue weighted by molar-refractivity contribution is 5.18. The van der Waals surface area contributed by atoms with Gasteiger partial charge in [-0.15, -0.1) is 0 Å². The van der Waals surface area contributed by atoms with Gasteiger partial charge in [-0.25, -0.2) is 0 Å². The molecule has 1 aromatic rings. The van der Waals surface area contributed by atoms with Gasteiger partial charge in [-0.3, -0.25) is 4.90 Å². The predicted octanol–water partition coefficient (Wildman–Crippen LogP) is 2.70. The van der Waals surface area contributed by atoms with Crippen molar-refractivity contribution in [2.45, 2.75) is 43.8 Å². The lowest BCUT2D eigenvalue weighted by atomic mass is 10.2. The fourth-order valence-electron chi connectivity index (χ4n) is 3.76. The van der Waals surface area contributed by atoms with E-state index in [9.17, 15) is 0 Å².